The van der Waals surface area contributed by atoms with E-state index >= 15 is 0 Å². The number of nitrogens with zero attached hydrogens (tertiary/aromatic N) is 3. The van der Waals surface area contributed by atoms with Gasteiger partial charge in [0.15, 0.2) is 5.76 Å². The summed E-state index contributed by atoms with van der Waals surface area (Å²) < 4.78 is 8.32. The Labute approximate surface area is 106 Å². The Kier molecular flexibility index (Phi) is 3.01. The summed E-state index contributed by atoms with van der Waals surface area (Å²) in [6.45, 7) is 1.82. The highest BCUT2D eigenvalue weighted by Gasteiger charge is 2.14. The van der Waals surface area contributed by atoms with Crippen LogP contribution in [0.3, 0.4) is 0 Å². The van der Waals surface area contributed by atoms with E-state index in [2.05, 4.69) is 32.7 Å². The zero-order chi connectivity index (χ0) is 11.0. The first-order valence-electron chi connectivity index (χ1n) is 4.37. The Morgan fingerprint density at radius 1 is 1.53 bits per heavy atom. The van der Waals surface area contributed by atoms with E-state index in [1.54, 1.807) is 17.1 Å². The smallest absolute Gasteiger partial charge is 0.212 e. The Balaban J connectivity index is 2.41. The fourth-order valence-corrected chi connectivity index (χ4v) is 1.81. The predicted molar refractivity (Wildman–Crippen MR) is 65.7 cm³/mol. The van der Waals surface area contributed by atoms with Gasteiger partial charge in [-0.25, -0.2) is 4.98 Å². The van der Waals surface area contributed by atoms with Gasteiger partial charge in [-0.3, -0.25) is 4.68 Å². The van der Waals surface area contributed by atoms with Crippen molar-refractivity contribution < 1.29 is 4.42 Å². The van der Waals surface area contributed by atoms with E-state index in [4.69, 9.17) is 16.0 Å². The minimum absolute atomic E-state index is 0.215. The molecule has 0 N–H and O–H groups in total. The van der Waals surface area contributed by atoms with Crippen LogP contribution < -0.4 is 0 Å². The average Bonchev–Trinajstić information content (AvgIpc) is 2.76. The highest BCUT2D eigenvalue weighted by atomic mass is 127. The van der Waals surface area contributed by atoms with E-state index in [0.717, 1.165) is 9.26 Å². The van der Waals surface area contributed by atoms with Crippen LogP contribution in [0.25, 0.3) is 11.3 Å². The van der Waals surface area contributed by atoms with Gasteiger partial charge in [-0.2, -0.15) is 5.10 Å². The lowest BCUT2D eigenvalue weighted by Gasteiger charge is -1.95. The summed E-state index contributed by atoms with van der Waals surface area (Å²) >= 11 is 8.08. The average molecular weight is 338 g/mol. The fourth-order valence-electron chi connectivity index (χ4n) is 1.18. The third kappa shape index (κ3) is 2.03. The third-order valence-electron chi connectivity index (χ3n) is 2.00. The molecule has 0 aliphatic rings. The molecule has 0 saturated carbocycles. The highest BCUT2D eigenvalue weighted by molar-refractivity contribution is 14.1. The van der Waals surface area contributed by atoms with E-state index in [9.17, 15) is 0 Å². The molecule has 2 aromatic heterocycles. The summed E-state index contributed by atoms with van der Waals surface area (Å²) in [7, 11) is 1.88. The second-order valence-corrected chi connectivity index (χ2v) is 4.83. The molecule has 0 spiro atoms. The van der Waals surface area contributed by atoms with Crippen molar-refractivity contribution in [1.82, 2.24) is 14.8 Å². The van der Waals surface area contributed by atoms with Gasteiger partial charge < -0.3 is 4.42 Å². The maximum atomic E-state index is 5.87. The molecule has 0 amide bonds. The van der Waals surface area contributed by atoms with Gasteiger partial charge in [0.25, 0.3) is 0 Å². The standard InChI is InChI=1S/C9H9ClIN3O/c1-5(10)9-12-4-7(15-9)6-3-13-14(2)8(6)11/h3-5H,1-2H3. The topological polar surface area (TPSA) is 43.9 Å². The summed E-state index contributed by atoms with van der Waals surface area (Å²) in [5, 5.41) is 3.92. The van der Waals surface area contributed by atoms with Gasteiger partial charge in [0.05, 0.1) is 18.0 Å². The minimum Gasteiger partial charge on any atom is -0.439 e. The van der Waals surface area contributed by atoms with Crippen LogP contribution in [0.1, 0.15) is 18.2 Å². The summed E-state index contributed by atoms with van der Waals surface area (Å²) in [6.07, 6.45) is 3.43. The Morgan fingerprint density at radius 2 is 2.27 bits per heavy atom. The van der Waals surface area contributed by atoms with Crippen molar-refractivity contribution in [2.75, 3.05) is 0 Å². The molecule has 0 radical (unpaired) electrons. The molecule has 1 atom stereocenters. The van der Waals surface area contributed by atoms with E-state index in [1.807, 2.05) is 14.0 Å². The molecule has 0 fully saturated rings. The number of hydrogen-bond donors (Lipinski definition) is 0. The summed E-state index contributed by atoms with van der Waals surface area (Å²) in [5.74, 6) is 1.24. The van der Waals surface area contributed by atoms with Crippen molar-refractivity contribution in [2.24, 2.45) is 7.05 Å². The van der Waals surface area contributed by atoms with Gasteiger partial charge in [-0.05, 0) is 29.5 Å². The fraction of sp³-hybridized carbons (Fsp3) is 0.333. The quantitative estimate of drug-likeness (QED) is 0.625. The molecule has 0 aliphatic carbocycles. The molecule has 15 heavy (non-hydrogen) atoms. The van der Waals surface area contributed by atoms with Crippen molar-refractivity contribution in [2.45, 2.75) is 12.3 Å². The van der Waals surface area contributed by atoms with E-state index in [1.165, 1.54) is 0 Å². The molecule has 4 nitrogen and oxygen atoms in total. The van der Waals surface area contributed by atoms with Crippen molar-refractivity contribution in [1.29, 1.82) is 0 Å². The molecule has 2 aromatic rings. The zero-order valence-corrected chi connectivity index (χ0v) is 11.2. The second kappa shape index (κ2) is 4.13. The number of rotatable bonds is 2. The number of halogens is 2. The maximum absolute atomic E-state index is 5.87. The number of aryl methyl sites for hydroxylation is 1. The van der Waals surface area contributed by atoms with Crippen molar-refractivity contribution in [3.63, 3.8) is 0 Å². The van der Waals surface area contributed by atoms with Crippen LogP contribution in [0.15, 0.2) is 16.8 Å². The van der Waals surface area contributed by atoms with Crippen LogP contribution in [0.4, 0.5) is 0 Å². The first-order valence-corrected chi connectivity index (χ1v) is 5.88. The van der Waals surface area contributed by atoms with E-state index in [0.29, 0.717) is 11.7 Å². The Hall–Kier alpha value is -0.560. The monoisotopic (exact) mass is 337 g/mol. The number of aromatic nitrogens is 3. The Morgan fingerprint density at radius 3 is 2.73 bits per heavy atom. The molecule has 2 rings (SSSR count). The zero-order valence-electron chi connectivity index (χ0n) is 8.24. The van der Waals surface area contributed by atoms with Crippen molar-refractivity contribution in [3.05, 3.63) is 22.0 Å². The molecular weight excluding hydrogens is 328 g/mol. The summed E-state index contributed by atoms with van der Waals surface area (Å²) in [4.78, 5) is 4.10. The van der Waals surface area contributed by atoms with Crippen LogP contribution in [-0.2, 0) is 7.05 Å². The van der Waals surface area contributed by atoms with E-state index < -0.39 is 0 Å². The second-order valence-electron chi connectivity index (χ2n) is 3.15. The molecule has 80 valence electrons. The van der Waals surface area contributed by atoms with Crippen LogP contribution in [-0.4, -0.2) is 14.8 Å². The Bertz CT molecular complexity index is 477. The third-order valence-corrected chi connectivity index (χ3v) is 3.46. The highest BCUT2D eigenvalue weighted by Crippen LogP contribution is 2.28. The lowest BCUT2D eigenvalue weighted by Crippen LogP contribution is -1.91. The van der Waals surface area contributed by atoms with Gasteiger partial charge in [-0.1, -0.05) is 0 Å². The molecule has 1 unspecified atom stereocenters. The molecule has 2 heterocycles. The van der Waals surface area contributed by atoms with Gasteiger partial charge in [0.1, 0.15) is 9.08 Å². The molecule has 0 aromatic carbocycles. The SMILES string of the molecule is CC(Cl)c1ncc(-c2cnn(C)c2I)o1. The van der Waals surface area contributed by atoms with Gasteiger partial charge in [0, 0.05) is 7.05 Å². The first kappa shape index (κ1) is 10.9. The molecule has 0 aliphatic heterocycles. The minimum atomic E-state index is -0.215. The lowest BCUT2D eigenvalue weighted by atomic mass is 10.3. The molecule has 6 heteroatoms. The van der Waals surface area contributed by atoms with Crippen molar-refractivity contribution >= 4 is 34.2 Å². The normalized spacial score (nSPS) is 13.1. The molecule has 0 bridgehead atoms. The largest absolute Gasteiger partial charge is 0.439 e. The van der Waals surface area contributed by atoms with Crippen LogP contribution in [0.2, 0.25) is 0 Å². The predicted octanol–water partition coefficient (Wildman–Crippen LogP) is 2.98. The molecular formula is C9H9ClIN3O. The summed E-state index contributed by atoms with van der Waals surface area (Å²) in [6, 6.07) is 0. The van der Waals surface area contributed by atoms with Crippen LogP contribution >= 0.6 is 34.2 Å². The number of hydrogen-bond acceptors (Lipinski definition) is 3. The first-order chi connectivity index (χ1) is 7.09. The van der Waals surface area contributed by atoms with Gasteiger partial charge in [0.2, 0.25) is 5.89 Å². The maximum Gasteiger partial charge on any atom is 0.212 e. The molecule has 0 saturated heterocycles. The number of alkyl halides is 1. The van der Waals surface area contributed by atoms with Crippen molar-refractivity contribution in [3.8, 4) is 11.3 Å². The summed E-state index contributed by atoms with van der Waals surface area (Å²) in [5.41, 5.74) is 0.939. The van der Waals surface area contributed by atoms with E-state index in [-0.39, 0.29) is 5.38 Å². The van der Waals surface area contributed by atoms with Gasteiger partial charge >= 0.3 is 0 Å². The van der Waals surface area contributed by atoms with Crippen LogP contribution in [0, 0.1) is 3.70 Å². The number of oxazole rings is 1. The van der Waals surface area contributed by atoms with Crippen LogP contribution in [0.5, 0.6) is 0 Å². The lowest BCUT2D eigenvalue weighted by molar-refractivity contribution is 0.507. The van der Waals surface area contributed by atoms with Gasteiger partial charge in [-0.15, -0.1) is 11.6 Å².